The van der Waals surface area contributed by atoms with Crippen LogP contribution >= 0.6 is 23.2 Å². The molecular formula is C21H20Cl2N2O4. The maximum absolute atomic E-state index is 12.3. The summed E-state index contributed by atoms with van der Waals surface area (Å²) in [6.07, 6.45) is 0.965. The van der Waals surface area contributed by atoms with Crippen LogP contribution in [0.15, 0.2) is 42.5 Å². The van der Waals surface area contributed by atoms with Crippen LogP contribution in [0.4, 0.5) is 11.4 Å². The number of hydrogen-bond acceptors (Lipinski definition) is 4. The summed E-state index contributed by atoms with van der Waals surface area (Å²) in [7, 11) is 0. The first-order valence-corrected chi connectivity index (χ1v) is 9.93. The molecule has 1 N–H and O–H groups in total. The highest BCUT2D eigenvalue weighted by atomic mass is 35.5. The molecule has 2 amide bonds. The number of rotatable bonds is 6. The molecule has 0 bridgehead atoms. The van der Waals surface area contributed by atoms with Gasteiger partial charge in [-0.1, -0.05) is 42.3 Å². The Balaban J connectivity index is 1.52. The second kappa shape index (κ2) is 9.29. The van der Waals surface area contributed by atoms with Crippen molar-refractivity contribution in [3.8, 4) is 0 Å². The number of anilines is 2. The third-order valence-electron chi connectivity index (χ3n) is 4.61. The average molecular weight is 435 g/mol. The molecule has 152 valence electrons. The summed E-state index contributed by atoms with van der Waals surface area (Å²) in [5, 5.41) is 3.31. The maximum Gasteiger partial charge on any atom is 0.311 e. The SMILES string of the molecule is CCc1ccc(N2C[C@H](C(=O)OCC(=O)Nc3cc(Cl)cc(Cl)c3)CC2=O)cc1. The lowest BCUT2D eigenvalue weighted by atomic mass is 10.1. The van der Waals surface area contributed by atoms with Crippen LogP contribution in [-0.2, 0) is 25.5 Å². The van der Waals surface area contributed by atoms with E-state index in [1.54, 1.807) is 4.90 Å². The molecule has 6 nitrogen and oxygen atoms in total. The zero-order chi connectivity index (χ0) is 21.0. The first-order valence-electron chi connectivity index (χ1n) is 9.17. The highest BCUT2D eigenvalue weighted by Gasteiger charge is 2.36. The first kappa shape index (κ1) is 21.1. The summed E-state index contributed by atoms with van der Waals surface area (Å²) in [4.78, 5) is 38.2. The molecule has 8 heteroatoms. The van der Waals surface area contributed by atoms with Gasteiger partial charge in [-0.05, 0) is 42.3 Å². The summed E-state index contributed by atoms with van der Waals surface area (Å²) < 4.78 is 5.09. The van der Waals surface area contributed by atoms with E-state index in [-0.39, 0.29) is 18.9 Å². The van der Waals surface area contributed by atoms with Gasteiger partial charge < -0.3 is 15.0 Å². The maximum atomic E-state index is 12.3. The summed E-state index contributed by atoms with van der Waals surface area (Å²) >= 11 is 11.8. The molecule has 1 atom stereocenters. The third kappa shape index (κ3) is 5.49. The van der Waals surface area contributed by atoms with Crippen LogP contribution in [0.5, 0.6) is 0 Å². The van der Waals surface area contributed by atoms with E-state index < -0.39 is 24.4 Å². The molecule has 29 heavy (non-hydrogen) atoms. The summed E-state index contributed by atoms with van der Waals surface area (Å²) in [6.45, 7) is 1.83. The molecule has 0 aliphatic carbocycles. The number of benzene rings is 2. The number of ether oxygens (including phenoxy) is 1. The fourth-order valence-corrected chi connectivity index (χ4v) is 3.63. The lowest BCUT2D eigenvalue weighted by Crippen LogP contribution is -2.28. The van der Waals surface area contributed by atoms with Crippen molar-refractivity contribution < 1.29 is 19.1 Å². The van der Waals surface area contributed by atoms with Gasteiger partial charge in [-0.3, -0.25) is 14.4 Å². The van der Waals surface area contributed by atoms with E-state index in [1.807, 2.05) is 24.3 Å². The molecule has 0 spiro atoms. The van der Waals surface area contributed by atoms with Crippen LogP contribution in [0.2, 0.25) is 10.0 Å². The fourth-order valence-electron chi connectivity index (χ4n) is 3.10. The number of nitrogens with zero attached hydrogens (tertiary/aromatic N) is 1. The van der Waals surface area contributed by atoms with Gasteiger partial charge in [0.05, 0.1) is 5.92 Å². The Morgan fingerprint density at radius 1 is 1.14 bits per heavy atom. The van der Waals surface area contributed by atoms with Crippen LogP contribution < -0.4 is 10.2 Å². The van der Waals surface area contributed by atoms with Crippen molar-refractivity contribution in [1.82, 2.24) is 0 Å². The predicted molar refractivity (Wildman–Crippen MR) is 112 cm³/mol. The molecule has 1 aliphatic heterocycles. The summed E-state index contributed by atoms with van der Waals surface area (Å²) in [5.74, 6) is -1.85. The summed E-state index contributed by atoms with van der Waals surface area (Å²) in [6, 6.07) is 12.3. The van der Waals surface area contributed by atoms with Gasteiger partial charge in [-0.2, -0.15) is 0 Å². The largest absolute Gasteiger partial charge is 0.455 e. The second-order valence-corrected chi connectivity index (χ2v) is 7.61. The van der Waals surface area contributed by atoms with Gasteiger partial charge in [-0.25, -0.2) is 0 Å². The smallest absolute Gasteiger partial charge is 0.311 e. The van der Waals surface area contributed by atoms with E-state index in [2.05, 4.69) is 12.2 Å². The normalized spacial score (nSPS) is 16.0. The van der Waals surface area contributed by atoms with E-state index in [4.69, 9.17) is 27.9 Å². The average Bonchev–Trinajstić information content (AvgIpc) is 3.07. The Bertz CT molecular complexity index is 911. The van der Waals surface area contributed by atoms with Crippen molar-refractivity contribution in [3.63, 3.8) is 0 Å². The molecule has 0 aromatic heterocycles. The number of hydrogen-bond donors (Lipinski definition) is 1. The van der Waals surface area contributed by atoms with Crippen molar-refractivity contribution in [2.45, 2.75) is 19.8 Å². The number of carbonyl (C=O) groups excluding carboxylic acids is 3. The van der Waals surface area contributed by atoms with Crippen LogP contribution in [-0.4, -0.2) is 30.9 Å². The lowest BCUT2D eigenvalue weighted by molar-refractivity contribution is -0.151. The summed E-state index contributed by atoms with van der Waals surface area (Å²) in [5.41, 5.74) is 2.32. The Kier molecular flexibility index (Phi) is 6.77. The quantitative estimate of drug-likeness (QED) is 0.694. The standard InChI is InChI=1S/C21H20Cl2N2O4/c1-2-13-3-5-18(6-4-13)25-11-14(7-20(25)27)21(28)29-12-19(26)24-17-9-15(22)8-16(23)10-17/h3-6,8-10,14H,2,7,11-12H2,1H3,(H,24,26)/t14-/m1/s1. The van der Waals surface area contributed by atoms with Gasteiger partial charge in [0, 0.05) is 34.4 Å². The molecule has 2 aromatic rings. The Morgan fingerprint density at radius 2 is 1.79 bits per heavy atom. The van der Waals surface area contributed by atoms with Gasteiger partial charge in [-0.15, -0.1) is 0 Å². The molecule has 3 rings (SSSR count). The molecule has 1 aliphatic rings. The van der Waals surface area contributed by atoms with Gasteiger partial charge in [0.25, 0.3) is 5.91 Å². The minimum atomic E-state index is -0.609. The zero-order valence-corrected chi connectivity index (χ0v) is 17.3. The third-order valence-corrected chi connectivity index (χ3v) is 5.04. The van der Waals surface area contributed by atoms with Crippen molar-refractivity contribution in [2.24, 2.45) is 5.92 Å². The molecular weight excluding hydrogens is 415 g/mol. The number of aryl methyl sites for hydroxylation is 1. The van der Waals surface area contributed by atoms with Gasteiger partial charge >= 0.3 is 5.97 Å². The highest BCUT2D eigenvalue weighted by Crippen LogP contribution is 2.26. The van der Waals surface area contributed by atoms with Crippen LogP contribution in [0.25, 0.3) is 0 Å². The van der Waals surface area contributed by atoms with Crippen LogP contribution in [0, 0.1) is 5.92 Å². The number of carbonyl (C=O) groups is 3. The van der Waals surface area contributed by atoms with E-state index in [1.165, 1.54) is 23.8 Å². The predicted octanol–water partition coefficient (Wildman–Crippen LogP) is 4.09. The van der Waals surface area contributed by atoms with E-state index >= 15 is 0 Å². The molecule has 0 radical (unpaired) electrons. The molecule has 0 unspecified atom stereocenters. The highest BCUT2D eigenvalue weighted by molar-refractivity contribution is 6.35. The topological polar surface area (TPSA) is 75.7 Å². The molecule has 1 heterocycles. The minimum Gasteiger partial charge on any atom is -0.455 e. The zero-order valence-electron chi connectivity index (χ0n) is 15.8. The monoisotopic (exact) mass is 434 g/mol. The van der Waals surface area contributed by atoms with E-state index in [0.29, 0.717) is 15.7 Å². The van der Waals surface area contributed by atoms with E-state index in [0.717, 1.165) is 12.1 Å². The van der Waals surface area contributed by atoms with Gasteiger partial charge in [0.15, 0.2) is 6.61 Å². The molecule has 0 saturated carbocycles. The van der Waals surface area contributed by atoms with Crippen molar-refractivity contribution in [1.29, 1.82) is 0 Å². The number of nitrogens with one attached hydrogen (secondary N) is 1. The van der Waals surface area contributed by atoms with Crippen LogP contribution in [0.1, 0.15) is 18.9 Å². The second-order valence-electron chi connectivity index (χ2n) is 6.74. The molecule has 2 aromatic carbocycles. The fraction of sp³-hybridized carbons (Fsp3) is 0.286. The van der Waals surface area contributed by atoms with E-state index in [9.17, 15) is 14.4 Å². The van der Waals surface area contributed by atoms with Crippen LogP contribution in [0.3, 0.4) is 0 Å². The van der Waals surface area contributed by atoms with Gasteiger partial charge in [0.2, 0.25) is 5.91 Å². The lowest BCUT2D eigenvalue weighted by Gasteiger charge is -2.17. The first-order chi connectivity index (χ1) is 13.9. The number of amides is 2. The van der Waals surface area contributed by atoms with Crippen molar-refractivity contribution in [2.75, 3.05) is 23.4 Å². The molecule has 1 fully saturated rings. The Morgan fingerprint density at radius 3 is 2.41 bits per heavy atom. The van der Waals surface area contributed by atoms with Crippen molar-refractivity contribution >= 4 is 52.4 Å². The minimum absolute atomic E-state index is 0.0554. The van der Waals surface area contributed by atoms with Crippen molar-refractivity contribution in [3.05, 3.63) is 58.1 Å². The Labute approximate surface area is 178 Å². The van der Waals surface area contributed by atoms with Gasteiger partial charge in [0.1, 0.15) is 0 Å². The number of halogens is 2. The Hall–Kier alpha value is -2.57. The molecule has 1 saturated heterocycles. The number of esters is 1.